The van der Waals surface area contributed by atoms with Crippen molar-refractivity contribution in [3.05, 3.63) is 65.4 Å². The summed E-state index contributed by atoms with van der Waals surface area (Å²) in [5.74, 6) is -2.54. The van der Waals surface area contributed by atoms with Gasteiger partial charge in [0, 0.05) is 11.8 Å². The maximum Gasteiger partial charge on any atom is 0.261 e. The van der Waals surface area contributed by atoms with Crippen LogP contribution in [0.1, 0.15) is 15.9 Å². The summed E-state index contributed by atoms with van der Waals surface area (Å²) in [7, 11) is 0. The minimum Gasteiger partial charge on any atom is -0.392 e. The predicted octanol–water partition coefficient (Wildman–Crippen LogP) is 2.98. The molecule has 0 bridgehead atoms. The highest BCUT2D eigenvalue weighted by Gasteiger charge is 2.21. The van der Waals surface area contributed by atoms with E-state index in [1.54, 1.807) is 18.2 Å². The van der Waals surface area contributed by atoms with Crippen LogP contribution in [-0.2, 0) is 6.61 Å². The molecule has 0 saturated heterocycles. The SMILES string of the molecule is O=C(Nc1c[nH]nc1-c1nc2c(CO)cccc2[nH]1)c1c(F)cccc1F. The number of aliphatic hydroxyl groups excluding tert-OH is 1. The first kappa shape index (κ1) is 16.9. The Balaban J connectivity index is 1.71. The second-order valence-corrected chi connectivity index (χ2v) is 5.76. The van der Waals surface area contributed by atoms with E-state index < -0.39 is 23.1 Å². The van der Waals surface area contributed by atoms with E-state index in [4.69, 9.17) is 0 Å². The van der Waals surface area contributed by atoms with Gasteiger partial charge in [-0.25, -0.2) is 13.8 Å². The zero-order valence-electron chi connectivity index (χ0n) is 13.8. The van der Waals surface area contributed by atoms with Crippen LogP contribution in [0.3, 0.4) is 0 Å². The van der Waals surface area contributed by atoms with Gasteiger partial charge in [-0.3, -0.25) is 9.89 Å². The summed E-state index contributed by atoms with van der Waals surface area (Å²) in [5.41, 5.74) is 1.65. The van der Waals surface area contributed by atoms with Crippen LogP contribution in [0.5, 0.6) is 0 Å². The van der Waals surface area contributed by atoms with Gasteiger partial charge in [0.1, 0.15) is 17.2 Å². The highest BCUT2D eigenvalue weighted by atomic mass is 19.1. The van der Waals surface area contributed by atoms with E-state index in [-0.39, 0.29) is 18.0 Å². The van der Waals surface area contributed by atoms with Gasteiger partial charge in [0.05, 0.1) is 23.3 Å². The fraction of sp³-hybridized carbons (Fsp3) is 0.0556. The second kappa shape index (κ2) is 6.61. The number of aromatic amines is 2. The van der Waals surface area contributed by atoms with Gasteiger partial charge in [-0.2, -0.15) is 5.10 Å². The number of nitrogens with one attached hydrogen (secondary N) is 3. The molecule has 0 radical (unpaired) electrons. The van der Waals surface area contributed by atoms with Crippen LogP contribution >= 0.6 is 0 Å². The molecule has 9 heteroatoms. The van der Waals surface area contributed by atoms with E-state index in [1.165, 1.54) is 12.3 Å². The molecular weight excluding hydrogens is 356 g/mol. The molecule has 0 aliphatic heterocycles. The maximum atomic E-state index is 13.8. The molecular formula is C18H13F2N5O2. The van der Waals surface area contributed by atoms with E-state index in [9.17, 15) is 18.7 Å². The standard InChI is InChI=1S/C18H13F2N5O2/c19-10-4-2-5-11(20)14(10)18(27)23-13-7-21-25-16(13)17-22-12-6-1-3-9(8-26)15(12)24-17/h1-7,26H,8H2,(H,21,25)(H,22,24)(H,23,27). The van der Waals surface area contributed by atoms with Gasteiger partial charge in [0.15, 0.2) is 11.5 Å². The van der Waals surface area contributed by atoms with Crippen molar-refractivity contribution in [3.63, 3.8) is 0 Å². The number of halogens is 2. The largest absolute Gasteiger partial charge is 0.392 e. The van der Waals surface area contributed by atoms with E-state index >= 15 is 0 Å². The molecule has 0 spiro atoms. The Bertz CT molecular complexity index is 1130. The Morgan fingerprint density at radius 2 is 1.89 bits per heavy atom. The molecule has 0 atom stereocenters. The number of H-pyrrole nitrogens is 2. The molecule has 4 aromatic rings. The summed E-state index contributed by atoms with van der Waals surface area (Å²) in [5, 5.41) is 18.5. The lowest BCUT2D eigenvalue weighted by Gasteiger charge is -2.06. The number of aliphatic hydroxyl groups is 1. The number of anilines is 1. The summed E-state index contributed by atoms with van der Waals surface area (Å²) in [6.07, 6.45) is 1.38. The molecule has 1 amide bonds. The molecule has 27 heavy (non-hydrogen) atoms. The number of amides is 1. The molecule has 0 aliphatic carbocycles. The van der Waals surface area contributed by atoms with Crippen molar-refractivity contribution in [2.45, 2.75) is 6.61 Å². The monoisotopic (exact) mass is 369 g/mol. The molecule has 7 nitrogen and oxygen atoms in total. The fourth-order valence-electron chi connectivity index (χ4n) is 2.80. The van der Waals surface area contributed by atoms with Gasteiger partial charge in [0.25, 0.3) is 5.91 Å². The number of carbonyl (C=O) groups excluding carboxylic acids is 1. The molecule has 2 aromatic heterocycles. The van der Waals surface area contributed by atoms with Gasteiger partial charge >= 0.3 is 0 Å². The number of imidazole rings is 1. The van der Waals surface area contributed by atoms with Crippen molar-refractivity contribution in [1.29, 1.82) is 0 Å². The first-order valence-electron chi connectivity index (χ1n) is 7.96. The Morgan fingerprint density at radius 1 is 1.15 bits per heavy atom. The van der Waals surface area contributed by atoms with Crippen molar-refractivity contribution in [1.82, 2.24) is 20.2 Å². The first-order valence-corrected chi connectivity index (χ1v) is 7.96. The maximum absolute atomic E-state index is 13.8. The first-order chi connectivity index (χ1) is 13.1. The van der Waals surface area contributed by atoms with Crippen LogP contribution in [0.4, 0.5) is 14.5 Å². The summed E-state index contributed by atoms with van der Waals surface area (Å²) in [4.78, 5) is 19.8. The molecule has 2 aromatic carbocycles. The van der Waals surface area contributed by atoms with E-state index in [0.29, 0.717) is 22.4 Å². The summed E-state index contributed by atoms with van der Waals surface area (Å²) >= 11 is 0. The van der Waals surface area contributed by atoms with Crippen molar-refractivity contribution < 1.29 is 18.7 Å². The number of aromatic nitrogens is 4. The van der Waals surface area contributed by atoms with E-state index in [1.807, 2.05) is 0 Å². The van der Waals surface area contributed by atoms with Gasteiger partial charge in [-0.15, -0.1) is 0 Å². The molecule has 4 rings (SSSR count). The average Bonchev–Trinajstić information content (AvgIpc) is 3.27. The number of hydrogen-bond acceptors (Lipinski definition) is 4. The highest BCUT2D eigenvalue weighted by Crippen LogP contribution is 2.27. The number of fused-ring (bicyclic) bond motifs is 1. The minimum atomic E-state index is -0.964. The lowest BCUT2D eigenvalue weighted by Crippen LogP contribution is -2.16. The second-order valence-electron chi connectivity index (χ2n) is 5.76. The third kappa shape index (κ3) is 2.93. The highest BCUT2D eigenvalue weighted by molar-refractivity contribution is 6.06. The van der Waals surface area contributed by atoms with Crippen molar-refractivity contribution >= 4 is 22.6 Å². The number of benzene rings is 2. The molecule has 0 unspecified atom stereocenters. The summed E-state index contributed by atoms with van der Waals surface area (Å²) < 4.78 is 27.6. The van der Waals surface area contributed by atoms with Crippen LogP contribution in [0, 0.1) is 11.6 Å². The van der Waals surface area contributed by atoms with Crippen LogP contribution in [0.2, 0.25) is 0 Å². The molecule has 0 aliphatic rings. The zero-order chi connectivity index (χ0) is 19.0. The van der Waals surface area contributed by atoms with Crippen molar-refractivity contribution in [3.8, 4) is 11.5 Å². The number of hydrogen-bond donors (Lipinski definition) is 4. The lowest BCUT2D eigenvalue weighted by molar-refractivity contribution is 0.101. The van der Waals surface area contributed by atoms with E-state index in [0.717, 1.165) is 12.1 Å². The normalized spacial score (nSPS) is 11.1. The van der Waals surface area contributed by atoms with Crippen molar-refractivity contribution in [2.24, 2.45) is 0 Å². The van der Waals surface area contributed by atoms with Gasteiger partial charge in [-0.1, -0.05) is 18.2 Å². The zero-order valence-corrected chi connectivity index (χ0v) is 13.8. The Kier molecular flexibility index (Phi) is 4.13. The summed E-state index contributed by atoms with van der Waals surface area (Å²) in [6.45, 7) is -0.182. The average molecular weight is 369 g/mol. The minimum absolute atomic E-state index is 0.182. The third-order valence-corrected chi connectivity index (χ3v) is 4.07. The molecule has 0 fully saturated rings. The smallest absolute Gasteiger partial charge is 0.261 e. The van der Waals surface area contributed by atoms with Crippen LogP contribution < -0.4 is 5.32 Å². The van der Waals surface area contributed by atoms with Gasteiger partial charge < -0.3 is 15.4 Å². The molecule has 2 heterocycles. The van der Waals surface area contributed by atoms with E-state index in [2.05, 4.69) is 25.5 Å². The van der Waals surface area contributed by atoms with Crippen LogP contribution in [0.15, 0.2) is 42.6 Å². The Labute approximate surface area is 151 Å². The fourth-order valence-corrected chi connectivity index (χ4v) is 2.80. The molecule has 4 N–H and O–H groups in total. The lowest BCUT2D eigenvalue weighted by atomic mass is 10.2. The Hall–Kier alpha value is -3.59. The predicted molar refractivity (Wildman–Crippen MR) is 93.9 cm³/mol. The van der Waals surface area contributed by atoms with Crippen LogP contribution in [-0.4, -0.2) is 31.2 Å². The molecule has 0 saturated carbocycles. The third-order valence-electron chi connectivity index (χ3n) is 4.07. The number of para-hydroxylation sites is 1. The van der Waals surface area contributed by atoms with Crippen LogP contribution in [0.25, 0.3) is 22.6 Å². The summed E-state index contributed by atoms with van der Waals surface area (Å²) in [6, 6.07) is 8.47. The number of carbonyl (C=O) groups is 1. The number of rotatable bonds is 4. The molecule has 136 valence electrons. The quantitative estimate of drug-likeness (QED) is 0.444. The Morgan fingerprint density at radius 3 is 2.63 bits per heavy atom. The number of nitrogens with zero attached hydrogens (tertiary/aromatic N) is 2. The topological polar surface area (TPSA) is 107 Å². The van der Waals surface area contributed by atoms with Crippen molar-refractivity contribution in [2.75, 3.05) is 5.32 Å². The van der Waals surface area contributed by atoms with Gasteiger partial charge in [0.2, 0.25) is 0 Å². The van der Waals surface area contributed by atoms with Gasteiger partial charge in [-0.05, 0) is 18.2 Å².